The number of aromatic amines is 1. The highest BCUT2D eigenvalue weighted by Gasteiger charge is 2.17. The topological polar surface area (TPSA) is 83.1 Å². The predicted molar refractivity (Wildman–Crippen MR) is 100 cm³/mol. The second-order valence-electron chi connectivity index (χ2n) is 6.32. The molecule has 2 aromatic heterocycles. The second-order valence-corrected chi connectivity index (χ2v) is 6.32. The summed E-state index contributed by atoms with van der Waals surface area (Å²) in [5, 5.41) is 3.91. The number of anilines is 1. The molecule has 1 aliphatic heterocycles. The van der Waals surface area contributed by atoms with E-state index in [-0.39, 0.29) is 6.03 Å². The lowest BCUT2D eigenvalue weighted by atomic mass is 10.2. The lowest BCUT2D eigenvalue weighted by Gasteiger charge is -2.26. The summed E-state index contributed by atoms with van der Waals surface area (Å²) in [6, 6.07) is 13.5. The quantitative estimate of drug-likeness (QED) is 0.554. The second kappa shape index (κ2) is 5.96. The van der Waals surface area contributed by atoms with Gasteiger partial charge in [-0.1, -0.05) is 12.1 Å². The molecule has 2 aromatic carbocycles. The minimum Gasteiger partial charge on any atom is -0.378 e. The van der Waals surface area contributed by atoms with Gasteiger partial charge in [0.15, 0.2) is 5.65 Å². The van der Waals surface area contributed by atoms with Gasteiger partial charge in [0.1, 0.15) is 5.52 Å². The van der Waals surface area contributed by atoms with Gasteiger partial charge in [-0.15, -0.1) is 0 Å². The number of aromatic nitrogens is 3. The number of rotatable bonds is 1. The van der Waals surface area contributed by atoms with Gasteiger partial charge in [0, 0.05) is 29.7 Å². The van der Waals surface area contributed by atoms with E-state index in [1.165, 1.54) is 0 Å². The van der Waals surface area contributed by atoms with E-state index in [0.29, 0.717) is 26.3 Å². The number of amides is 2. The highest BCUT2D eigenvalue weighted by atomic mass is 16.5. The van der Waals surface area contributed by atoms with E-state index in [2.05, 4.69) is 15.3 Å². The molecule has 0 atom stereocenters. The largest absolute Gasteiger partial charge is 0.378 e. The number of H-pyrrole nitrogens is 1. The van der Waals surface area contributed by atoms with Crippen molar-refractivity contribution in [3.8, 4) is 0 Å². The van der Waals surface area contributed by atoms with Crippen LogP contribution in [0.25, 0.3) is 33.1 Å². The van der Waals surface area contributed by atoms with Crippen LogP contribution in [0.5, 0.6) is 0 Å². The molecule has 7 nitrogen and oxygen atoms in total. The summed E-state index contributed by atoms with van der Waals surface area (Å²) >= 11 is 0. The summed E-state index contributed by atoms with van der Waals surface area (Å²) in [4.78, 5) is 26.9. The Labute approximate surface area is 149 Å². The van der Waals surface area contributed by atoms with Gasteiger partial charge in [-0.2, -0.15) is 0 Å². The van der Waals surface area contributed by atoms with Crippen molar-refractivity contribution in [3.05, 3.63) is 42.5 Å². The smallest absolute Gasteiger partial charge is 0.321 e. The van der Waals surface area contributed by atoms with Crippen molar-refractivity contribution in [1.82, 2.24) is 19.9 Å². The Hall–Kier alpha value is -3.19. The number of nitrogens with one attached hydrogen (secondary N) is 2. The van der Waals surface area contributed by atoms with E-state index < -0.39 is 0 Å². The molecule has 5 rings (SSSR count). The van der Waals surface area contributed by atoms with Crippen LogP contribution in [0.2, 0.25) is 0 Å². The SMILES string of the molecule is O=C(Nc1ccc2[nH]c3nc4ccccc4nc3c2c1)N1CCOCC1. The third-order valence-corrected chi connectivity index (χ3v) is 4.65. The highest BCUT2D eigenvalue weighted by Crippen LogP contribution is 2.27. The maximum atomic E-state index is 12.4. The summed E-state index contributed by atoms with van der Waals surface area (Å²) < 4.78 is 5.29. The number of morpholine rings is 1. The number of benzene rings is 2. The Morgan fingerprint density at radius 1 is 1.08 bits per heavy atom. The van der Waals surface area contributed by atoms with Crippen molar-refractivity contribution >= 4 is 44.8 Å². The molecule has 1 fully saturated rings. The molecule has 1 saturated heterocycles. The molecule has 0 unspecified atom stereocenters. The van der Waals surface area contributed by atoms with Gasteiger partial charge in [-0.05, 0) is 30.3 Å². The molecule has 0 aliphatic carbocycles. The van der Waals surface area contributed by atoms with E-state index in [1.807, 2.05) is 42.5 Å². The summed E-state index contributed by atoms with van der Waals surface area (Å²) in [6.45, 7) is 2.38. The lowest BCUT2D eigenvalue weighted by Crippen LogP contribution is -2.43. The van der Waals surface area contributed by atoms with Gasteiger partial charge in [-0.25, -0.2) is 14.8 Å². The fourth-order valence-corrected chi connectivity index (χ4v) is 3.30. The van der Waals surface area contributed by atoms with E-state index in [4.69, 9.17) is 9.72 Å². The number of carbonyl (C=O) groups excluding carboxylic acids is 1. The first-order valence-electron chi connectivity index (χ1n) is 8.60. The van der Waals surface area contributed by atoms with Crippen LogP contribution in [0.4, 0.5) is 10.5 Å². The Morgan fingerprint density at radius 3 is 2.65 bits per heavy atom. The van der Waals surface area contributed by atoms with Crippen LogP contribution in [-0.2, 0) is 4.74 Å². The molecule has 26 heavy (non-hydrogen) atoms. The number of hydrogen-bond acceptors (Lipinski definition) is 4. The zero-order valence-electron chi connectivity index (χ0n) is 14.0. The first-order chi connectivity index (χ1) is 12.8. The van der Waals surface area contributed by atoms with Crippen molar-refractivity contribution in [3.63, 3.8) is 0 Å². The van der Waals surface area contributed by atoms with Crippen molar-refractivity contribution in [2.75, 3.05) is 31.6 Å². The summed E-state index contributed by atoms with van der Waals surface area (Å²) in [7, 11) is 0. The third-order valence-electron chi connectivity index (χ3n) is 4.65. The Morgan fingerprint density at radius 2 is 1.85 bits per heavy atom. The minimum atomic E-state index is -0.107. The molecular formula is C19H17N5O2. The van der Waals surface area contributed by atoms with Crippen molar-refractivity contribution in [2.24, 2.45) is 0 Å². The van der Waals surface area contributed by atoms with Gasteiger partial charge in [-0.3, -0.25) is 0 Å². The molecule has 0 spiro atoms. The molecule has 0 radical (unpaired) electrons. The van der Waals surface area contributed by atoms with Crippen LogP contribution in [0.15, 0.2) is 42.5 Å². The molecule has 130 valence electrons. The van der Waals surface area contributed by atoms with E-state index in [1.54, 1.807) is 4.90 Å². The van der Waals surface area contributed by atoms with Gasteiger partial charge in [0.25, 0.3) is 0 Å². The van der Waals surface area contributed by atoms with Crippen LogP contribution >= 0.6 is 0 Å². The van der Waals surface area contributed by atoms with E-state index in [9.17, 15) is 4.79 Å². The third kappa shape index (κ3) is 2.53. The highest BCUT2D eigenvalue weighted by molar-refractivity contribution is 6.07. The lowest BCUT2D eigenvalue weighted by molar-refractivity contribution is 0.0564. The zero-order valence-corrected chi connectivity index (χ0v) is 14.0. The number of hydrogen-bond donors (Lipinski definition) is 2. The van der Waals surface area contributed by atoms with Crippen LogP contribution in [0.3, 0.4) is 0 Å². The fourth-order valence-electron chi connectivity index (χ4n) is 3.30. The monoisotopic (exact) mass is 347 g/mol. The van der Waals surface area contributed by atoms with Gasteiger partial charge >= 0.3 is 6.03 Å². The molecule has 3 heterocycles. The first-order valence-corrected chi connectivity index (χ1v) is 8.60. The normalized spacial score (nSPS) is 15.0. The number of para-hydroxylation sites is 2. The molecule has 2 N–H and O–H groups in total. The van der Waals surface area contributed by atoms with Crippen molar-refractivity contribution < 1.29 is 9.53 Å². The van der Waals surface area contributed by atoms with Crippen LogP contribution in [-0.4, -0.2) is 52.2 Å². The minimum absolute atomic E-state index is 0.107. The summed E-state index contributed by atoms with van der Waals surface area (Å²) in [5.74, 6) is 0. The van der Waals surface area contributed by atoms with Crippen molar-refractivity contribution in [2.45, 2.75) is 0 Å². The van der Waals surface area contributed by atoms with Crippen LogP contribution in [0.1, 0.15) is 0 Å². The Bertz CT molecular complexity index is 1130. The van der Waals surface area contributed by atoms with Gasteiger partial charge in [0.2, 0.25) is 0 Å². The van der Waals surface area contributed by atoms with Gasteiger partial charge < -0.3 is 19.9 Å². The zero-order chi connectivity index (χ0) is 17.5. The molecular weight excluding hydrogens is 330 g/mol. The van der Waals surface area contributed by atoms with Crippen molar-refractivity contribution in [1.29, 1.82) is 0 Å². The standard InChI is InChI=1S/C19H17N5O2/c25-19(24-7-9-26-10-8-24)20-12-5-6-14-13(11-12)17-18(22-14)23-16-4-2-1-3-15(16)21-17/h1-6,11H,7-10H2,(H,20,25)(H,22,23). The fraction of sp³-hybridized carbons (Fsp3) is 0.211. The molecule has 1 aliphatic rings. The predicted octanol–water partition coefficient (Wildman–Crippen LogP) is 3.13. The summed E-state index contributed by atoms with van der Waals surface area (Å²) in [6.07, 6.45) is 0. The summed E-state index contributed by atoms with van der Waals surface area (Å²) in [5.41, 5.74) is 4.94. The molecule has 2 amide bonds. The first kappa shape index (κ1) is 15.1. The Balaban J connectivity index is 1.54. The average molecular weight is 347 g/mol. The maximum Gasteiger partial charge on any atom is 0.321 e. The van der Waals surface area contributed by atoms with Gasteiger partial charge in [0.05, 0.1) is 24.2 Å². The average Bonchev–Trinajstić information content (AvgIpc) is 3.03. The number of ether oxygens (including phenoxy) is 1. The number of nitrogens with zero attached hydrogens (tertiary/aromatic N) is 3. The number of carbonyl (C=O) groups is 1. The maximum absolute atomic E-state index is 12.4. The van der Waals surface area contributed by atoms with E-state index in [0.717, 1.165) is 38.8 Å². The number of fused-ring (bicyclic) bond motifs is 4. The molecule has 4 aromatic rings. The molecule has 0 bridgehead atoms. The number of urea groups is 1. The van der Waals surface area contributed by atoms with E-state index >= 15 is 0 Å². The molecule has 7 heteroatoms. The molecule has 0 saturated carbocycles. The van der Waals surface area contributed by atoms with Crippen LogP contribution in [0, 0.1) is 0 Å². The Kier molecular flexibility index (Phi) is 3.46. The van der Waals surface area contributed by atoms with Crippen LogP contribution < -0.4 is 5.32 Å².